The minimum atomic E-state index is -4.46. The number of nitrogens with one attached hydrogen (secondary N) is 2. The van der Waals surface area contributed by atoms with E-state index in [1.807, 2.05) is 0 Å². The van der Waals surface area contributed by atoms with Crippen LogP contribution in [0.15, 0.2) is 24.3 Å². The molecular formula is C13H17F3N2O2. The fraction of sp³-hybridized carbons (Fsp3) is 0.462. The molecule has 0 aromatic heterocycles. The fourth-order valence-electron chi connectivity index (χ4n) is 1.58. The number of ether oxygens (including phenoxy) is 1. The van der Waals surface area contributed by atoms with Gasteiger partial charge in [-0.15, -0.1) is 0 Å². The van der Waals surface area contributed by atoms with Crippen LogP contribution in [0, 0.1) is 0 Å². The van der Waals surface area contributed by atoms with E-state index >= 15 is 0 Å². The highest BCUT2D eigenvalue weighted by molar-refractivity contribution is 5.84. The van der Waals surface area contributed by atoms with E-state index in [9.17, 15) is 18.0 Å². The highest BCUT2D eigenvalue weighted by Crippen LogP contribution is 2.34. The molecule has 1 amide bonds. The zero-order valence-electron chi connectivity index (χ0n) is 11.3. The van der Waals surface area contributed by atoms with E-state index in [0.717, 1.165) is 6.07 Å². The first kappa shape index (κ1) is 16.3. The van der Waals surface area contributed by atoms with Crippen LogP contribution in [0.5, 0.6) is 0 Å². The summed E-state index contributed by atoms with van der Waals surface area (Å²) in [5.41, 5.74) is -0.911. The zero-order chi connectivity index (χ0) is 15.2. The van der Waals surface area contributed by atoms with Crippen LogP contribution in [0.2, 0.25) is 0 Å². The fourth-order valence-corrected chi connectivity index (χ4v) is 1.58. The van der Waals surface area contributed by atoms with E-state index in [-0.39, 0.29) is 11.6 Å². The molecule has 1 rings (SSSR count). The van der Waals surface area contributed by atoms with Crippen molar-refractivity contribution in [2.75, 3.05) is 25.6 Å². The molecule has 0 spiro atoms. The summed E-state index contributed by atoms with van der Waals surface area (Å²) in [5, 5.41) is 5.12. The highest BCUT2D eigenvalue weighted by Gasteiger charge is 2.33. The second-order valence-electron chi connectivity index (χ2n) is 4.19. The van der Waals surface area contributed by atoms with Crippen molar-refractivity contribution in [2.24, 2.45) is 0 Å². The quantitative estimate of drug-likeness (QED) is 0.790. The topological polar surface area (TPSA) is 50.4 Å². The molecule has 0 saturated heterocycles. The van der Waals surface area contributed by atoms with Crippen LogP contribution < -0.4 is 10.6 Å². The molecule has 4 nitrogen and oxygen atoms in total. The van der Waals surface area contributed by atoms with Crippen LogP contribution in [0.25, 0.3) is 0 Å². The number of benzene rings is 1. The summed E-state index contributed by atoms with van der Waals surface area (Å²) >= 11 is 0. The SMILES string of the molecule is COCCNC(=O)C(C)Nc1ccccc1C(F)(F)F. The first-order valence-corrected chi connectivity index (χ1v) is 6.05. The van der Waals surface area contributed by atoms with Crippen LogP contribution in [-0.4, -0.2) is 32.2 Å². The van der Waals surface area contributed by atoms with Gasteiger partial charge in [-0.05, 0) is 19.1 Å². The summed E-state index contributed by atoms with van der Waals surface area (Å²) in [6.07, 6.45) is -4.46. The summed E-state index contributed by atoms with van der Waals surface area (Å²) in [7, 11) is 1.49. The largest absolute Gasteiger partial charge is 0.418 e. The van der Waals surface area contributed by atoms with Crippen molar-refractivity contribution in [1.82, 2.24) is 5.32 Å². The predicted octanol–water partition coefficient (Wildman–Crippen LogP) is 2.27. The van der Waals surface area contributed by atoms with Crippen molar-refractivity contribution in [2.45, 2.75) is 19.1 Å². The summed E-state index contributed by atoms with van der Waals surface area (Å²) < 4.78 is 43.1. The van der Waals surface area contributed by atoms with E-state index in [4.69, 9.17) is 4.74 Å². The van der Waals surface area contributed by atoms with Gasteiger partial charge in [0, 0.05) is 19.3 Å². The van der Waals surface area contributed by atoms with Gasteiger partial charge in [0.2, 0.25) is 5.91 Å². The lowest BCUT2D eigenvalue weighted by atomic mass is 10.1. The minimum Gasteiger partial charge on any atom is -0.383 e. The van der Waals surface area contributed by atoms with Gasteiger partial charge in [0.15, 0.2) is 0 Å². The number of carbonyl (C=O) groups excluding carboxylic acids is 1. The van der Waals surface area contributed by atoms with Crippen LogP contribution in [0.1, 0.15) is 12.5 Å². The molecule has 0 aliphatic rings. The lowest BCUT2D eigenvalue weighted by Crippen LogP contribution is -2.39. The molecule has 2 N–H and O–H groups in total. The highest BCUT2D eigenvalue weighted by atomic mass is 19.4. The third kappa shape index (κ3) is 4.73. The number of carbonyl (C=O) groups is 1. The van der Waals surface area contributed by atoms with Crippen LogP contribution in [0.3, 0.4) is 0 Å². The van der Waals surface area contributed by atoms with Gasteiger partial charge >= 0.3 is 6.18 Å². The third-order valence-electron chi connectivity index (χ3n) is 2.60. The molecule has 0 aliphatic heterocycles. The maximum absolute atomic E-state index is 12.8. The van der Waals surface area contributed by atoms with E-state index in [1.54, 1.807) is 0 Å². The molecule has 1 atom stereocenters. The number of rotatable bonds is 6. The van der Waals surface area contributed by atoms with Gasteiger partial charge < -0.3 is 15.4 Å². The van der Waals surface area contributed by atoms with Crippen molar-refractivity contribution >= 4 is 11.6 Å². The van der Waals surface area contributed by atoms with Gasteiger partial charge in [-0.2, -0.15) is 13.2 Å². The summed E-state index contributed by atoms with van der Waals surface area (Å²) in [4.78, 5) is 11.7. The second-order valence-corrected chi connectivity index (χ2v) is 4.19. The molecule has 1 unspecified atom stereocenters. The molecule has 0 bridgehead atoms. The number of anilines is 1. The Kier molecular flexibility index (Phi) is 5.82. The molecule has 0 saturated carbocycles. The Morgan fingerprint density at radius 1 is 1.35 bits per heavy atom. The first-order chi connectivity index (χ1) is 9.36. The monoisotopic (exact) mass is 290 g/mol. The Hall–Kier alpha value is -1.76. The van der Waals surface area contributed by atoms with Crippen molar-refractivity contribution in [1.29, 1.82) is 0 Å². The average molecular weight is 290 g/mol. The Bertz CT molecular complexity index is 449. The third-order valence-corrected chi connectivity index (χ3v) is 2.60. The Morgan fingerprint density at radius 3 is 2.60 bits per heavy atom. The number of hydrogen-bond donors (Lipinski definition) is 2. The molecule has 0 radical (unpaired) electrons. The smallest absolute Gasteiger partial charge is 0.383 e. The number of para-hydroxylation sites is 1. The van der Waals surface area contributed by atoms with Crippen molar-refractivity contribution < 1.29 is 22.7 Å². The van der Waals surface area contributed by atoms with Gasteiger partial charge in [0.1, 0.15) is 6.04 Å². The Labute approximate surface area is 115 Å². The van der Waals surface area contributed by atoms with Crippen molar-refractivity contribution in [3.8, 4) is 0 Å². The van der Waals surface area contributed by atoms with Gasteiger partial charge in [-0.1, -0.05) is 12.1 Å². The predicted molar refractivity (Wildman–Crippen MR) is 69.4 cm³/mol. The number of alkyl halides is 3. The molecule has 1 aromatic carbocycles. The molecule has 0 fully saturated rings. The molecular weight excluding hydrogens is 273 g/mol. The molecule has 20 heavy (non-hydrogen) atoms. The molecule has 0 aliphatic carbocycles. The molecule has 0 heterocycles. The average Bonchev–Trinajstić information content (AvgIpc) is 2.38. The van der Waals surface area contributed by atoms with Crippen molar-refractivity contribution in [3.63, 3.8) is 0 Å². The van der Waals surface area contributed by atoms with E-state index in [2.05, 4.69) is 10.6 Å². The molecule has 1 aromatic rings. The van der Waals surface area contributed by atoms with E-state index in [1.165, 1.54) is 32.2 Å². The number of methoxy groups -OCH3 is 1. The van der Waals surface area contributed by atoms with Gasteiger partial charge in [0.25, 0.3) is 0 Å². The van der Waals surface area contributed by atoms with E-state index in [0.29, 0.717) is 13.2 Å². The standard InChI is InChI=1S/C13H17F3N2O2/c1-9(12(19)17-7-8-20-2)18-11-6-4-3-5-10(11)13(14,15)16/h3-6,9,18H,7-8H2,1-2H3,(H,17,19). The Balaban J connectivity index is 2.71. The lowest BCUT2D eigenvalue weighted by molar-refractivity contribution is -0.137. The Morgan fingerprint density at radius 2 is 2.00 bits per heavy atom. The number of halogens is 3. The lowest BCUT2D eigenvalue weighted by Gasteiger charge is -2.19. The van der Waals surface area contributed by atoms with Crippen LogP contribution >= 0.6 is 0 Å². The number of hydrogen-bond acceptors (Lipinski definition) is 3. The summed E-state index contributed by atoms with van der Waals surface area (Å²) in [6, 6.07) is 4.26. The molecule has 7 heteroatoms. The minimum absolute atomic E-state index is 0.116. The van der Waals surface area contributed by atoms with E-state index < -0.39 is 17.8 Å². The molecule has 112 valence electrons. The van der Waals surface area contributed by atoms with Gasteiger partial charge in [-0.3, -0.25) is 4.79 Å². The maximum atomic E-state index is 12.8. The van der Waals surface area contributed by atoms with Crippen LogP contribution in [0.4, 0.5) is 18.9 Å². The van der Waals surface area contributed by atoms with Crippen LogP contribution in [-0.2, 0) is 15.7 Å². The van der Waals surface area contributed by atoms with Crippen molar-refractivity contribution in [3.05, 3.63) is 29.8 Å². The normalized spacial score (nSPS) is 12.8. The number of amides is 1. The van der Waals surface area contributed by atoms with Gasteiger partial charge in [0.05, 0.1) is 12.2 Å². The maximum Gasteiger partial charge on any atom is 0.418 e. The van der Waals surface area contributed by atoms with Gasteiger partial charge in [-0.25, -0.2) is 0 Å². The summed E-state index contributed by atoms with van der Waals surface area (Å²) in [6.45, 7) is 2.15. The summed E-state index contributed by atoms with van der Waals surface area (Å²) in [5.74, 6) is -0.390. The first-order valence-electron chi connectivity index (χ1n) is 6.05. The zero-order valence-corrected chi connectivity index (χ0v) is 11.3. The second kappa shape index (κ2) is 7.14.